The molecule has 3 heteroatoms. The van der Waals surface area contributed by atoms with Gasteiger partial charge >= 0.3 is 0 Å². The summed E-state index contributed by atoms with van der Waals surface area (Å²) in [6.45, 7) is 4.24. The Hall–Kier alpha value is -0.990. The number of benzene rings is 2. The van der Waals surface area contributed by atoms with Crippen LogP contribution >= 0.6 is 27.5 Å². The van der Waals surface area contributed by atoms with Crippen molar-refractivity contribution in [2.75, 3.05) is 5.32 Å². The summed E-state index contributed by atoms with van der Waals surface area (Å²) >= 11 is 9.70. The van der Waals surface area contributed by atoms with Crippen LogP contribution in [0.4, 0.5) is 5.69 Å². The van der Waals surface area contributed by atoms with E-state index >= 15 is 0 Å². The number of anilines is 1. The van der Waals surface area contributed by atoms with Crippen LogP contribution in [0.3, 0.4) is 0 Å². The number of halogens is 2. The summed E-state index contributed by atoms with van der Waals surface area (Å²) in [5, 5.41) is 4.29. The van der Waals surface area contributed by atoms with Gasteiger partial charge in [-0.3, -0.25) is 0 Å². The molecule has 0 aromatic heterocycles. The molecular formula is C16H17BrClN. The Morgan fingerprint density at radius 2 is 1.84 bits per heavy atom. The molecule has 0 amide bonds. The average molecular weight is 339 g/mol. The molecule has 1 unspecified atom stereocenters. The van der Waals surface area contributed by atoms with Crippen LogP contribution in [0.25, 0.3) is 0 Å². The summed E-state index contributed by atoms with van der Waals surface area (Å²) in [5.41, 5.74) is 3.47. The smallest absolute Gasteiger partial charge is 0.0637 e. The van der Waals surface area contributed by atoms with E-state index in [0.29, 0.717) is 0 Å². The van der Waals surface area contributed by atoms with Crippen molar-refractivity contribution in [3.8, 4) is 0 Å². The molecule has 0 heterocycles. The highest BCUT2D eigenvalue weighted by molar-refractivity contribution is 9.10. The minimum atomic E-state index is 0.271. The SMILES string of the molecule is CCC(Nc1cc(C)ccc1Cl)c1ccc(Br)cc1. The van der Waals surface area contributed by atoms with Gasteiger partial charge in [-0.1, -0.05) is 52.7 Å². The maximum absolute atomic E-state index is 6.24. The van der Waals surface area contributed by atoms with Crippen LogP contribution in [-0.2, 0) is 0 Å². The van der Waals surface area contributed by atoms with Crippen molar-refractivity contribution in [3.05, 3.63) is 63.1 Å². The molecule has 0 aliphatic rings. The van der Waals surface area contributed by atoms with Gasteiger partial charge in [-0.15, -0.1) is 0 Å². The standard InChI is InChI=1S/C16H17BrClN/c1-3-15(12-5-7-13(17)8-6-12)19-16-10-11(2)4-9-14(16)18/h4-10,15,19H,3H2,1-2H3. The second kappa shape index (κ2) is 6.44. The third-order valence-electron chi connectivity index (χ3n) is 3.13. The highest BCUT2D eigenvalue weighted by atomic mass is 79.9. The molecule has 2 aromatic rings. The van der Waals surface area contributed by atoms with Gasteiger partial charge in [0.15, 0.2) is 0 Å². The van der Waals surface area contributed by atoms with Crippen LogP contribution in [-0.4, -0.2) is 0 Å². The van der Waals surface area contributed by atoms with Crippen LogP contribution in [0.2, 0.25) is 5.02 Å². The lowest BCUT2D eigenvalue weighted by atomic mass is 10.0. The molecule has 0 saturated carbocycles. The van der Waals surface area contributed by atoms with Crippen molar-refractivity contribution in [1.29, 1.82) is 0 Å². The molecule has 0 spiro atoms. The van der Waals surface area contributed by atoms with Gasteiger partial charge in [0.25, 0.3) is 0 Å². The quantitative estimate of drug-likeness (QED) is 0.723. The minimum absolute atomic E-state index is 0.271. The Labute approximate surface area is 128 Å². The maximum atomic E-state index is 6.24. The summed E-state index contributed by atoms with van der Waals surface area (Å²) in [7, 11) is 0. The number of hydrogen-bond donors (Lipinski definition) is 1. The van der Waals surface area contributed by atoms with Crippen molar-refractivity contribution in [3.63, 3.8) is 0 Å². The van der Waals surface area contributed by atoms with Gasteiger partial charge in [0.2, 0.25) is 0 Å². The zero-order valence-corrected chi connectivity index (χ0v) is 13.4. The fourth-order valence-corrected chi connectivity index (χ4v) is 2.49. The van der Waals surface area contributed by atoms with Crippen molar-refractivity contribution in [2.24, 2.45) is 0 Å². The third kappa shape index (κ3) is 3.74. The molecule has 100 valence electrons. The predicted molar refractivity (Wildman–Crippen MR) is 87.0 cm³/mol. The number of nitrogens with one attached hydrogen (secondary N) is 1. The number of hydrogen-bond acceptors (Lipinski definition) is 1. The lowest BCUT2D eigenvalue weighted by molar-refractivity contribution is 0.749. The average Bonchev–Trinajstić information content (AvgIpc) is 2.41. The first-order chi connectivity index (χ1) is 9.10. The molecule has 2 aromatic carbocycles. The zero-order valence-electron chi connectivity index (χ0n) is 11.1. The van der Waals surface area contributed by atoms with Crippen LogP contribution in [0.5, 0.6) is 0 Å². The Morgan fingerprint density at radius 1 is 1.16 bits per heavy atom. The Balaban J connectivity index is 2.23. The van der Waals surface area contributed by atoms with E-state index in [0.717, 1.165) is 21.6 Å². The van der Waals surface area contributed by atoms with E-state index in [2.05, 4.69) is 65.4 Å². The van der Waals surface area contributed by atoms with Gasteiger partial charge in [-0.2, -0.15) is 0 Å². The van der Waals surface area contributed by atoms with Crippen LogP contribution < -0.4 is 5.32 Å². The summed E-state index contributed by atoms with van der Waals surface area (Å²) < 4.78 is 1.10. The summed E-state index contributed by atoms with van der Waals surface area (Å²) in [4.78, 5) is 0. The lowest BCUT2D eigenvalue weighted by Gasteiger charge is -2.20. The molecule has 0 aliphatic carbocycles. The van der Waals surface area contributed by atoms with Gasteiger partial charge in [0, 0.05) is 4.47 Å². The minimum Gasteiger partial charge on any atom is -0.377 e. The number of aryl methyl sites for hydroxylation is 1. The molecule has 2 rings (SSSR count). The summed E-state index contributed by atoms with van der Waals surface area (Å²) in [6.07, 6.45) is 1.01. The second-order valence-electron chi connectivity index (χ2n) is 4.64. The topological polar surface area (TPSA) is 12.0 Å². The van der Waals surface area contributed by atoms with Gasteiger partial charge in [-0.05, 0) is 48.7 Å². The molecule has 0 saturated heterocycles. The monoisotopic (exact) mass is 337 g/mol. The van der Waals surface area contributed by atoms with E-state index in [1.807, 2.05) is 12.1 Å². The Bertz CT molecular complexity index is 551. The molecule has 1 N–H and O–H groups in total. The Morgan fingerprint density at radius 3 is 2.47 bits per heavy atom. The van der Waals surface area contributed by atoms with E-state index in [1.54, 1.807) is 0 Å². The van der Waals surface area contributed by atoms with Gasteiger partial charge in [0.05, 0.1) is 16.8 Å². The maximum Gasteiger partial charge on any atom is 0.0637 e. The van der Waals surface area contributed by atoms with E-state index in [-0.39, 0.29) is 6.04 Å². The van der Waals surface area contributed by atoms with Crippen LogP contribution in [0, 0.1) is 6.92 Å². The van der Waals surface area contributed by atoms with Crippen molar-refractivity contribution in [1.82, 2.24) is 0 Å². The van der Waals surface area contributed by atoms with Crippen LogP contribution in [0.15, 0.2) is 46.9 Å². The summed E-state index contributed by atoms with van der Waals surface area (Å²) in [6, 6.07) is 14.7. The van der Waals surface area contributed by atoms with E-state index in [9.17, 15) is 0 Å². The molecule has 0 bridgehead atoms. The molecule has 0 radical (unpaired) electrons. The molecule has 1 nitrogen and oxygen atoms in total. The highest BCUT2D eigenvalue weighted by Gasteiger charge is 2.11. The van der Waals surface area contributed by atoms with Crippen LogP contribution in [0.1, 0.15) is 30.5 Å². The first-order valence-corrected chi connectivity index (χ1v) is 7.55. The fraction of sp³-hybridized carbons (Fsp3) is 0.250. The van der Waals surface area contributed by atoms with Gasteiger partial charge in [0.1, 0.15) is 0 Å². The molecule has 1 atom stereocenters. The number of rotatable bonds is 4. The predicted octanol–water partition coefficient (Wildman–Crippen LogP) is 5.97. The Kier molecular flexibility index (Phi) is 4.89. The highest BCUT2D eigenvalue weighted by Crippen LogP contribution is 2.29. The largest absolute Gasteiger partial charge is 0.377 e. The third-order valence-corrected chi connectivity index (χ3v) is 3.99. The molecule has 0 aliphatic heterocycles. The van der Waals surface area contributed by atoms with E-state index in [4.69, 9.17) is 11.6 Å². The van der Waals surface area contributed by atoms with Crippen molar-refractivity contribution < 1.29 is 0 Å². The second-order valence-corrected chi connectivity index (χ2v) is 5.96. The van der Waals surface area contributed by atoms with E-state index < -0.39 is 0 Å². The van der Waals surface area contributed by atoms with Crippen molar-refractivity contribution in [2.45, 2.75) is 26.3 Å². The molecular weight excluding hydrogens is 322 g/mol. The first kappa shape index (κ1) is 14.4. The molecule has 0 fully saturated rings. The zero-order chi connectivity index (χ0) is 13.8. The normalized spacial score (nSPS) is 12.2. The fourth-order valence-electron chi connectivity index (χ4n) is 2.05. The summed E-state index contributed by atoms with van der Waals surface area (Å²) in [5.74, 6) is 0. The lowest BCUT2D eigenvalue weighted by Crippen LogP contribution is -2.10. The van der Waals surface area contributed by atoms with Gasteiger partial charge < -0.3 is 5.32 Å². The first-order valence-electron chi connectivity index (χ1n) is 6.38. The molecule has 19 heavy (non-hydrogen) atoms. The van der Waals surface area contributed by atoms with E-state index in [1.165, 1.54) is 11.1 Å². The van der Waals surface area contributed by atoms with Crippen molar-refractivity contribution >= 4 is 33.2 Å². The van der Waals surface area contributed by atoms with Gasteiger partial charge in [-0.25, -0.2) is 0 Å².